The Hall–Kier alpha value is -7.04. The van der Waals surface area contributed by atoms with Gasteiger partial charge in [-0.3, -0.25) is 0 Å². The maximum absolute atomic E-state index is 6.75. The molecule has 0 fully saturated rings. The van der Waals surface area contributed by atoms with Crippen LogP contribution in [0, 0.1) is 0 Å². The second-order valence-electron chi connectivity index (χ2n) is 13.4. The van der Waals surface area contributed by atoms with Crippen molar-refractivity contribution < 1.29 is 4.74 Å². The van der Waals surface area contributed by atoms with Crippen LogP contribution in [0.2, 0.25) is 0 Å². The van der Waals surface area contributed by atoms with Gasteiger partial charge in [0.2, 0.25) is 0 Å². The smallest absolute Gasteiger partial charge is 0.154 e. The molecule has 0 atom stereocenters. The van der Waals surface area contributed by atoms with Crippen LogP contribution < -0.4 is 9.64 Å². The largest absolute Gasteiger partial charge is 0.453 e. The maximum Gasteiger partial charge on any atom is 0.154 e. The molecule has 0 saturated heterocycles. The first-order valence-electron chi connectivity index (χ1n) is 17.7. The fourth-order valence-electron chi connectivity index (χ4n) is 8.26. The van der Waals surface area contributed by atoms with Gasteiger partial charge < -0.3 is 18.8 Å². The predicted molar refractivity (Wildman–Crippen MR) is 215 cm³/mol. The summed E-state index contributed by atoms with van der Waals surface area (Å²) in [4.78, 5) is 2.34. The van der Waals surface area contributed by atoms with Gasteiger partial charge in [-0.15, -0.1) is 0 Å². The van der Waals surface area contributed by atoms with Crippen molar-refractivity contribution in [2.45, 2.75) is 0 Å². The summed E-state index contributed by atoms with van der Waals surface area (Å²) in [7, 11) is 0. The average Bonchev–Trinajstić information content (AvgIpc) is 3.73. The molecule has 1 aliphatic heterocycles. The minimum absolute atomic E-state index is 0.860. The number of ether oxygens (including phenoxy) is 1. The number of hydrogen-bond acceptors (Lipinski definition) is 2. The number of nitrogens with zero attached hydrogens (tertiary/aromatic N) is 3. The third kappa shape index (κ3) is 4.21. The quantitative estimate of drug-likeness (QED) is 0.183. The van der Waals surface area contributed by atoms with Crippen molar-refractivity contribution in [3.63, 3.8) is 0 Å². The number of hydrogen-bond donors (Lipinski definition) is 0. The van der Waals surface area contributed by atoms with Gasteiger partial charge in [-0.05, 0) is 77.9 Å². The van der Waals surface area contributed by atoms with E-state index in [4.69, 9.17) is 4.74 Å². The van der Waals surface area contributed by atoms with Crippen molar-refractivity contribution in [1.82, 2.24) is 9.13 Å². The second-order valence-corrected chi connectivity index (χ2v) is 13.4. The monoisotopic (exact) mass is 665 g/mol. The lowest BCUT2D eigenvalue weighted by Crippen LogP contribution is -2.10. The fourth-order valence-corrected chi connectivity index (χ4v) is 8.26. The Kier molecular flexibility index (Phi) is 6.22. The van der Waals surface area contributed by atoms with Crippen LogP contribution in [-0.4, -0.2) is 9.13 Å². The van der Waals surface area contributed by atoms with E-state index in [1.54, 1.807) is 0 Å². The molecule has 0 aliphatic carbocycles. The SMILES string of the molecule is c1ccc(-c2ccc(N(c3ccccc3)c3cccc(-n4c5ccccc5c5c6c7ccccc7n7c6c(cc54)Oc4ccccc4-7)c3)cc2)cc1. The minimum Gasteiger partial charge on any atom is -0.453 e. The molecule has 0 N–H and O–H groups in total. The van der Waals surface area contributed by atoms with Crippen molar-refractivity contribution >= 4 is 60.7 Å². The highest BCUT2D eigenvalue weighted by Gasteiger charge is 2.28. The highest BCUT2D eigenvalue weighted by molar-refractivity contribution is 6.30. The Balaban J connectivity index is 1.15. The average molecular weight is 666 g/mol. The van der Waals surface area contributed by atoms with Crippen LogP contribution in [0.5, 0.6) is 11.5 Å². The van der Waals surface area contributed by atoms with Gasteiger partial charge in [-0.25, -0.2) is 0 Å². The summed E-state index contributed by atoms with van der Waals surface area (Å²) in [5, 5.41) is 4.88. The molecule has 52 heavy (non-hydrogen) atoms. The standard InChI is InChI=1S/C48H31N3O/c1-3-14-32(15-4-1)33-26-28-35(29-27-33)49(34-16-5-2-6-17-34)36-18-13-19-37(30-36)50-40-22-9-7-20-38(40)46-43(50)31-45-48-47(46)39-21-8-10-23-41(39)51(48)42-24-11-12-25-44(42)52-45/h1-31H. The van der Waals surface area contributed by atoms with E-state index in [2.05, 4.69) is 196 Å². The van der Waals surface area contributed by atoms with E-state index in [0.29, 0.717) is 0 Å². The molecule has 0 spiro atoms. The van der Waals surface area contributed by atoms with Crippen LogP contribution >= 0.6 is 0 Å². The zero-order valence-corrected chi connectivity index (χ0v) is 28.1. The molecule has 0 amide bonds. The van der Waals surface area contributed by atoms with Crippen LogP contribution in [0.4, 0.5) is 17.1 Å². The molecule has 4 heteroatoms. The fraction of sp³-hybridized carbons (Fsp3) is 0. The number of fused-ring (bicyclic) bond motifs is 9. The number of rotatable bonds is 5. The van der Waals surface area contributed by atoms with Crippen LogP contribution in [0.15, 0.2) is 188 Å². The van der Waals surface area contributed by atoms with E-state index in [1.807, 2.05) is 6.07 Å². The van der Waals surface area contributed by atoms with Crippen LogP contribution in [-0.2, 0) is 0 Å². The Morgan fingerprint density at radius 1 is 0.385 bits per heavy atom. The van der Waals surface area contributed by atoms with Crippen molar-refractivity contribution in [2.24, 2.45) is 0 Å². The Morgan fingerprint density at radius 2 is 0.981 bits per heavy atom. The van der Waals surface area contributed by atoms with Crippen molar-refractivity contribution in [3.8, 4) is 34.0 Å². The summed E-state index contributed by atoms with van der Waals surface area (Å²) in [6.07, 6.45) is 0. The number of anilines is 3. The summed E-state index contributed by atoms with van der Waals surface area (Å²) in [5.41, 5.74) is 12.4. The summed E-state index contributed by atoms with van der Waals surface area (Å²) >= 11 is 0. The molecule has 10 aromatic rings. The molecule has 244 valence electrons. The number of benzene rings is 8. The van der Waals surface area contributed by atoms with E-state index >= 15 is 0 Å². The second kappa shape index (κ2) is 11.2. The van der Waals surface area contributed by atoms with Gasteiger partial charge in [0, 0.05) is 50.4 Å². The molecule has 0 radical (unpaired) electrons. The van der Waals surface area contributed by atoms with Gasteiger partial charge in [0.1, 0.15) is 0 Å². The normalized spacial score (nSPS) is 12.0. The van der Waals surface area contributed by atoms with Crippen molar-refractivity contribution in [1.29, 1.82) is 0 Å². The summed E-state index contributed by atoms with van der Waals surface area (Å²) < 4.78 is 11.5. The molecule has 0 unspecified atom stereocenters. The number of para-hydroxylation sites is 5. The van der Waals surface area contributed by atoms with Gasteiger partial charge in [0.05, 0.1) is 27.8 Å². The van der Waals surface area contributed by atoms with Gasteiger partial charge in [0.25, 0.3) is 0 Å². The van der Waals surface area contributed by atoms with E-state index in [0.717, 1.165) is 56.5 Å². The Labute approximate surface area is 300 Å². The van der Waals surface area contributed by atoms with Gasteiger partial charge in [-0.2, -0.15) is 0 Å². The predicted octanol–water partition coefficient (Wildman–Crippen LogP) is 13.1. The zero-order chi connectivity index (χ0) is 34.2. The lowest BCUT2D eigenvalue weighted by molar-refractivity contribution is 0.477. The first-order chi connectivity index (χ1) is 25.8. The molecular formula is C48H31N3O. The molecule has 2 aromatic heterocycles. The molecule has 3 heterocycles. The topological polar surface area (TPSA) is 22.3 Å². The first-order valence-corrected chi connectivity index (χ1v) is 17.7. The third-order valence-electron chi connectivity index (χ3n) is 10.5. The maximum atomic E-state index is 6.75. The van der Waals surface area contributed by atoms with Crippen molar-refractivity contribution in [3.05, 3.63) is 188 Å². The van der Waals surface area contributed by atoms with Crippen LogP contribution in [0.1, 0.15) is 0 Å². The summed E-state index contributed by atoms with van der Waals surface area (Å²) in [5.74, 6) is 1.72. The van der Waals surface area contributed by atoms with Gasteiger partial charge in [-0.1, -0.05) is 115 Å². The molecule has 11 rings (SSSR count). The highest BCUT2D eigenvalue weighted by Crippen LogP contribution is 2.50. The number of aromatic nitrogens is 2. The van der Waals surface area contributed by atoms with E-state index < -0.39 is 0 Å². The lowest BCUT2D eigenvalue weighted by atomic mass is 10.0. The first kappa shape index (κ1) is 28.8. The third-order valence-corrected chi connectivity index (χ3v) is 10.5. The van der Waals surface area contributed by atoms with E-state index in [1.165, 1.54) is 38.2 Å². The van der Waals surface area contributed by atoms with Gasteiger partial charge >= 0.3 is 0 Å². The molecule has 0 saturated carbocycles. The van der Waals surface area contributed by atoms with E-state index in [9.17, 15) is 0 Å². The highest BCUT2D eigenvalue weighted by atomic mass is 16.5. The Morgan fingerprint density at radius 3 is 1.77 bits per heavy atom. The molecule has 1 aliphatic rings. The van der Waals surface area contributed by atoms with Gasteiger partial charge in [0.15, 0.2) is 11.5 Å². The molecule has 4 nitrogen and oxygen atoms in total. The van der Waals surface area contributed by atoms with Crippen molar-refractivity contribution in [2.75, 3.05) is 4.90 Å². The summed E-state index contributed by atoms with van der Waals surface area (Å²) in [6.45, 7) is 0. The minimum atomic E-state index is 0.860. The zero-order valence-electron chi connectivity index (χ0n) is 28.1. The summed E-state index contributed by atoms with van der Waals surface area (Å²) in [6, 6.07) is 67.0. The Bertz CT molecular complexity index is 2980. The lowest BCUT2D eigenvalue weighted by Gasteiger charge is -2.26. The van der Waals surface area contributed by atoms with E-state index in [-0.39, 0.29) is 0 Å². The molecule has 8 aromatic carbocycles. The van der Waals surface area contributed by atoms with Crippen LogP contribution in [0.3, 0.4) is 0 Å². The molecular weight excluding hydrogens is 635 g/mol. The van der Waals surface area contributed by atoms with Crippen LogP contribution in [0.25, 0.3) is 66.1 Å². The molecule has 0 bridgehead atoms.